The predicted molar refractivity (Wildman–Crippen MR) is 80.1 cm³/mol. The summed E-state index contributed by atoms with van der Waals surface area (Å²) in [6, 6.07) is 14.1. The summed E-state index contributed by atoms with van der Waals surface area (Å²) in [6.45, 7) is 2.15. The molecule has 20 heavy (non-hydrogen) atoms. The zero-order valence-electron chi connectivity index (χ0n) is 11.3. The van der Waals surface area contributed by atoms with E-state index in [0.29, 0.717) is 0 Å². The van der Waals surface area contributed by atoms with Crippen molar-refractivity contribution >= 4 is 0 Å². The molecule has 0 atom stereocenters. The van der Waals surface area contributed by atoms with Crippen LogP contribution in [0.15, 0.2) is 61.1 Å². The Hall–Kier alpha value is -2.55. The van der Waals surface area contributed by atoms with E-state index < -0.39 is 0 Å². The summed E-state index contributed by atoms with van der Waals surface area (Å²) < 4.78 is 0. The molecule has 3 nitrogen and oxygen atoms in total. The van der Waals surface area contributed by atoms with Crippen molar-refractivity contribution < 1.29 is 0 Å². The van der Waals surface area contributed by atoms with Crippen molar-refractivity contribution in [3.8, 4) is 22.6 Å². The molecule has 3 heteroatoms. The van der Waals surface area contributed by atoms with Gasteiger partial charge in [0.1, 0.15) is 0 Å². The van der Waals surface area contributed by atoms with Crippen LogP contribution < -0.4 is 0 Å². The molecule has 0 spiro atoms. The average Bonchev–Trinajstić information content (AvgIpc) is 2.56. The summed E-state index contributed by atoms with van der Waals surface area (Å²) in [7, 11) is 0. The molecule has 0 saturated heterocycles. The Morgan fingerprint density at radius 2 is 1.65 bits per heavy atom. The van der Waals surface area contributed by atoms with Gasteiger partial charge >= 0.3 is 0 Å². The lowest BCUT2D eigenvalue weighted by molar-refractivity contribution is 1.12. The Kier molecular flexibility index (Phi) is 3.50. The van der Waals surface area contributed by atoms with Crippen LogP contribution in [0.2, 0.25) is 0 Å². The second-order valence-corrected chi connectivity index (χ2v) is 4.55. The Morgan fingerprint density at radius 3 is 2.35 bits per heavy atom. The van der Waals surface area contributed by atoms with Crippen LogP contribution in [0.5, 0.6) is 0 Å². The molecule has 3 aromatic heterocycles. The van der Waals surface area contributed by atoms with Crippen molar-refractivity contribution in [3.05, 3.63) is 66.6 Å². The molecule has 0 aromatic carbocycles. The normalized spacial score (nSPS) is 10.4. The third-order valence-electron chi connectivity index (χ3n) is 3.20. The van der Waals surface area contributed by atoms with Crippen LogP contribution in [0.1, 0.15) is 12.5 Å². The van der Waals surface area contributed by atoms with Crippen molar-refractivity contribution in [1.29, 1.82) is 0 Å². The molecular formula is C17H15N3. The van der Waals surface area contributed by atoms with Gasteiger partial charge in [-0.2, -0.15) is 0 Å². The predicted octanol–water partition coefficient (Wildman–Crippen LogP) is 3.77. The summed E-state index contributed by atoms with van der Waals surface area (Å²) in [5, 5.41) is 0. The highest BCUT2D eigenvalue weighted by Crippen LogP contribution is 2.23. The standard InChI is InChI=1S/C17H15N3/c1-2-13-11-16(14-6-9-18-10-7-14)20-17(12-13)15-5-3-4-8-19-15/h3-12H,2H2,1H3. The zero-order chi connectivity index (χ0) is 13.8. The molecule has 3 heterocycles. The average molecular weight is 261 g/mol. The molecule has 0 fully saturated rings. The molecule has 0 bridgehead atoms. The number of hydrogen-bond donors (Lipinski definition) is 0. The molecule has 0 aliphatic carbocycles. The summed E-state index contributed by atoms with van der Waals surface area (Å²) in [4.78, 5) is 13.2. The van der Waals surface area contributed by atoms with E-state index in [0.717, 1.165) is 29.1 Å². The van der Waals surface area contributed by atoms with Gasteiger partial charge in [0, 0.05) is 24.2 Å². The Balaban J connectivity index is 2.13. The van der Waals surface area contributed by atoms with Crippen molar-refractivity contribution in [2.75, 3.05) is 0 Å². The molecule has 0 N–H and O–H groups in total. The molecule has 3 aromatic rings. The number of pyridine rings is 3. The van der Waals surface area contributed by atoms with Crippen LogP contribution in [-0.4, -0.2) is 15.0 Å². The number of hydrogen-bond acceptors (Lipinski definition) is 3. The lowest BCUT2D eigenvalue weighted by atomic mass is 10.1. The van der Waals surface area contributed by atoms with E-state index in [2.05, 4.69) is 29.0 Å². The fourth-order valence-electron chi connectivity index (χ4n) is 2.11. The topological polar surface area (TPSA) is 38.7 Å². The largest absolute Gasteiger partial charge is 0.265 e. The number of nitrogens with zero attached hydrogens (tertiary/aromatic N) is 3. The molecule has 0 amide bonds. The number of rotatable bonds is 3. The van der Waals surface area contributed by atoms with Crippen molar-refractivity contribution in [3.63, 3.8) is 0 Å². The van der Waals surface area contributed by atoms with E-state index in [-0.39, 0.29) is 0 Å². The first-order valence-electron chi connectivity index (χ1n) is 6.69. The molecule has 0 radical (unpaired) electrons. The second-order valence-electron chi connectivity index (χ2n) is 4.55. The van der Waals surface area contributed by atoms with E-state index in [1.165, 1.54) is 5.56 Å². The first kappa shape index (κ1) is 12.5. The van der Waals surface area contributed by atoms with Crippen LogP contribution in [0, 0.1) is 0 Å². The summed E-state index contributed by atoms with van der Waals surface area (Å²) in [5.74, 6) is 0. The zero-order valence-corrected chi connectivity index (χ0v) is 11.3. The van der Waals surface area contributed by atoms with Gasteiger partial charge in [0.2, 0.25) is 0 Å². The van der Waals surface area contributed by atoms with Crippen LogP contribution in [0.4, 0.5) is 0 Å². The Labute approximate surface area is 118 Å². The van der Waals surface area contributed by atoms with Crippen molar-refractivity contribution in [1.82, 2.24) is 15.0 Å². The maximum atomic E-state index is 4.73. The Bertz CT molecular complexity index is 636. The van der Waals surface area contributed by atoms with Gasteiger partial charge in [-0.3, -0.25) is 9.97 Å². The summed E-state index contributed by atoms with van der Waals surface area (Å²) >= 11 is 0. The Morgan fingerprint density at radius 1 is 0.850 bits per heavy atom. The smallest absolute Gasteiger partial charge is 0.0896 e. The lowest BCUT2D eigenvalue weighted by Gasteiger charge is -2.07. The molecule has 0 unspecified atom stereocenters. The van der Waals surface area contributed by atoms with Gasteiger partial charge in [-0.05, 0) is 48.4 Å². The van der Waals surface area contributed by atoms with Crippen molar-refractivity contribution in [2.45, 2.75) is 13.3 Å². The highest BCUT2D eigenvalue weighted by Gasteiger charge is 2.06. The molecular weight excluding hydrogens is 246 g/mol. The maximum absolute atomic E-state index is 4.73. The van der Waals surface area contributed by atoms with E-state index in [1.807, 2.05) is 30.3 Å². The fourth-order valence-corrected chi connectivity index (χ4v) is 2.11. The molecule has 98 valence electrons. The van der Waals surface area contributed by atoms with Gasteiger partial charge in [-0.15, -0.1) is 0 Å². The van der Waals surface area contributed by atoms with Crippen LogP contribution >= 0.6 is 0 Å². The minimum atomic E-state index is 0.901. The van der Waals surface area contributed by atoms with E-state index in [1.54, 1.807) is 18.6 Å². The van der Waals surface area contributed by atoms with Gasteiger partial charge in [-0.25, -0.2) is 4.98 Å². The van der Waals surface area contributed by atoms with Crippen LogP contribution in [-0.2, 0) is 6.42 Å². The third-order valence-corrected chi connectivity index (χ3v) is 3.20. The van der Waals surface area contributed by atoms with Gasteiger partial charge in [0.15, 0.2) is 0 Å². The minimum absolute atomic E-state index is 0.901. The van der Waals surface area contributed by atoms with E-state index >= 15 is 0 Å². The van der Waals surface area contributed by atoms with Crippen LogP contribution in [0.25, 0.3) is 22.6 Å². The minimum Gasteiger partial charge on any atom is -0.265 e. The van der Waals surface area contributed by atoms with E-state index in [4.69, 9.17) is 4.98 Å². The number of aryl methyl sites for hydroxylation is 1. The van der Waals surface area contributed by atoms with Crippen molar-refractivity contribution in [2.24, 2.45) is 0 Å². The lowest BCUT2D eigenvalue weighted by Crippen LogP contribution is -1.93. The molecule has 0 aliphatic heterocycles. The van der Waals surface area contributed by atoms with E-state index in [9.17, 15) is 0 Å². The monoisotopic (exact) mass is 261 g/mol. The van der Waals surface area contributed by atoms with Gasteiger partial charge in [-0.1, -0.05) is 13.0 Å². The summed E-state index contributed by atoms with van der Waals surface area (Å²) in [6.07, 6.45) is 6.34. The summed E-state index contributed by atoms with van der Waals surface area (Å²) in [5.41, 5.74) is 5.11. The van der Waals surface area contributed by atoms with Crippen LogP contribution in [0.3, 0.4) is 0 Å². The first-order chi connectivity index (χ1) is 9.86. The molecule has 0 saturated carbocycles. The van der Waals surface area contributed by atoms with Gasteiger partial charge < -0.3 is 0 Å². The SMILES string of the molecule is CCc1cc(-c2ccncc2)nc(-c2ccccn2)c1. The first-order valence-corrected chi connectivity index (χ1v) is 6.69. The highest BCUT2D eigenvalue weighted by molar-refractivity contribution is 5.65. The third kappa shape index (κ3) is 2.57. The number of aromatic nitrogens is 3. The fraction of sp³-hybridized carbons (Fsp3) is 0.118. The maximum Gasteiger partial charge on any atom is 0.0896 e. The van der Waals surface area contributed by atoms with Gasteiger partial charge in [0.25, 0.3) is 0 Å². The van der Waals surface area contributed by atoms with Gasteiger partial charge in [0.05, 0.1) is 17.1 Å². The second kappa shape index (κ2) is 5.61. The quantitative estimate of drug-likeness (QED) is 0.720. The highest BCUT2D eigenvalue weighted by atomic mass is 14.8. The molecule has 3 rings (SSSR count). The molecule has 0 aliphatic rings.